The van der Waals surface area contributed by atoms with Gasteiger partial charge in [-0.25, -0.2) is 9.59 Å². The van der Waals surface area contributed by atoms with E-state index < -0.39 is 29.6 Å². The minimum Gasteiger partial charge on any atom is -0.481 e. The molecule has 0 saturated carbocycles. The molecule has 0 aromatic carbocycles. The second-order valence-corrected chi connectivity index (χ2v) is 19.9. The third-order valence-electron chi connectivity index (χ3n) is 11.2. The molecule has 2 rings (SSSR count). The van der Waals surface area contributed by atoms with Crippen LogP contribution in [0.1, 0.15) is 156 Å². The van der Waals surface area contributed by atoms with Gasteiger partial charge in [-0.1, -0.05) is 19.3 Å². The number of unbranched alkanes of at least 4 members (excludes halogenated alkanes) is 7. The van der Waals surface area contributed by atoms with E-state index in [0.717, 1.165) is 70.0 Å². The first kappa shape index (κ1) is 60.9. The van der Waals surface area contributed by atoms with Crippen molar-refractivity contribution < 1.29 is 62.4 Å². The van der Waals surface area contributed by atoms with Crippen molar-refractivity contribution in [3.05, 3.63) is 0 Å². The Kier molecular flexibility index (Phi) is 33.2. The third kappa shape index (κ3) is 33.1. The maximum Gasteiger partial charge on any atom is 0.407 e. The Morgan fingerprint density at radius 2 is 1.16 bits per heavy atom. The van der Waals surface area contributed by atoms with Crippen LogP contribution in [0.4, 0.5) is 9.59 Å². The van der Waals surface area contributed by atoms with Crippen molar-refractivity contribution in [3.8, 4) is 0 Å². The van der Waals surface area contributed by atoms with E-state index in [9.17, 15) is 38.4 Å². The smallest absolute Gasteiger partial charge is 0.407 e. The van der Waals surface area contributed by atoms with E-state index in [4.69, 9.17) is 24.1 Å². The van der Waals surface area contributed by atoms with Gasteiger partial charge in [0.25, 0.3) is 0 Å². The summed E-state index contributed by atoms with van der Waals surface area (Å²) in [7, 11) is 0. The number of ether oxygens (including phenoxy) is 4. The number of carbonyl (C=O) groups excluding carboxylic acids is 7. The molecule has 21 heteroatoms. The van der Waals surface area contributed by atoms with Crippen molar-refractivity contribution in [1.29, 1.82) is 0 Å². The molecule has 2 heterocycles. The zero-order valence-corrected chi connectivity index (χ0v) is 42.5. The van der Waals surface area contributed by atoms with E-state index in [0.29, 0.717) is 129 Å². The van der Waals surface area contributed by atoms with Crippen LogP contribution in [0.2, 0.25) is 0 Å². The first-order valence-corrected chi connectivity index (χ1v) is 26.4. The number of urea groups is 1. The molecule has 69 heavy (non-hydrogen) atoms. The van der Waals surface area contributed by atoms with Crippen LogP contribution in [0.3, 0.4) is 0 Å². The third-order valence-corrected chi connectivity index (χ3v) is 12.8. The van der Waals surface area contributed by atoms with Gasteiger partial charge >= 0.3 is 18.1 Å². The number of Topliss-reactive ketones (excluding diaryl/α,β-unsaturated/α-hetero) is 1. The second-order valence-electron chi connectivity index (χ2n) is 18.6. The average Bonchev–Trinajstić information content (AvgIpc) is 3.85. The fourth-order valence-electron chi connectivity index (χ4n) is 7.55. The van der Waals surface area contributed by atoms with Gasteiger partial charge in [0.05, 0.1) is 44.9 Å². The number of fused-ring (bicyclic) bond motifs is 1. The fourth-order valence-corrected chi connectivity index (χ4v) is 9.10. The van der Waals surface area contributed by atoms with E-state index in [1.807, 2.05) is 32.5 Å². The molecule has 2 saturated heterocycles. The summed E-state index contributed by atoms with van der Waals surface area (Å²) in [4.78, 5) is 96.2. The van der Waals surface area contributed by atoms with Crippen LogP contribution >= 0.6 is 11.8 Å². The summed E-state index contributed by atoms with van der Waals surface area (Å²) in [6, 6.07) is -0.469. The van der Waals surface area contributed by atoms with Crippen molar-refractivity contribution in [2.45, 2.75) is 185 Å². The number of carbonyl (C=O) groups is 8. The van der Waals surface area contributed by atoms with Gasteiger partial charge in [-0.3, -0.25) is 28.8 Å². The number of rotatable bonds is 42. The van der Waals surface area contributed by atoms with E-state index in [-0.39, 0.29) is 54.5 Å². The summed E-state index contributed by atoms with van der Waals surface area (Å²) < 4.78 is 22.0. The number of ketones is 1. The molecule has 0 radical (unpaired) electrons. The van der Waals surface area contributed by atoms with Crippen LogP contribution in [0, 0.1) is 0 Å². The largest absolute Gasteiger partial charge is 0.481 e. The maximum atomic E-state index is 13.0. The molecule has 0 unspecified atom stereocenters. The van der Waals surface area contributed by atoms with Crippen LogP contribution in [-0.4, -0.2) is 153 Å². The molecule has 7 amide bonds. The molecule has 0 aromatic heterocycles. The number of aliphatic carboxylic acids is 1. The predicted octanol–water partition coefficient (Wildman–Crippen LogP) is 4.41. The zero-order chi connectivity index (χ0) is 50.5. The summed E-state index contributed by atoms with van der Waals surface area (Å²) in [6.07, 6.45) is 12.0. The van der Waals surface area contributed by atoms with Crippen LogP contribution < -0.4 is 37.2 Å². The van der Waals surface area contributed by atoms with Crippen molar-refractivity contribution in [2.24, 2.45) is 0 Å². The number of amides is 7. The molecule has 2 fully saturated rings. The number of hydrogen-bond acceptors (Lipinski definition) is 13. The van der Waals surface area contributed by atoms with E-state index in [2.05, 4.69) is 37.2 Å². The molecule has 396 valence electrons. The lowest BCUT2D eigenvalue weighted by molar-refractivity contribution is -0.139. The maximum absolute atomic E-state index is 13.0. The quantitative estimate of drug-likeness (QED) is 0.0311. The Labute approximate surface area is 413 Å². The number of alkyl carbamates (subject to hydrolysis) is 1. The van der Waals surface area contributed by atoms with Crippen molar-refractivity contribution in [2.75, 3.05) is 71.6 Å². The molecule has 2 aliphatic heterocycles. The molecular formula is C48H85N7O13S. The fraction of sp³-hybridized carbons (Fsp3) is 0.833. The van der Waals surface area contributed by atoms with Crippen LogP contribution in [0.5, 0.6) is 0 Å². The summed E-state index contributed by atoms with van der Waals surface area (Å²) in [5.74, 6) is -0.857. The Hall–Kier alpha value is -4.21. The minimum atomic E-state index is -1.11. The van der Waals surface area contributed by atoms with Gasteiger partial charge in [-0.15, -0.1) is 0 Å². The summed E-state index contributed by atoms with van der Waals surface area (Å²) in [6.45, 7) is 9.82. The normalized spacial score (nSPS) is 16.7. The van der Waals surface area contributed by atoms with Gasteiger partial charge in [-0.2, -0.15) is 11.8 Å². The number of carboxylic acid groups (broad SMARTS) is 1. The Bertz CT molecular complexity index is 1540. The summed E-state index contributed by atoms with van der Waals surface area (Å²) in [5.41, 5.74) is -0.537. The lowest BCUT2D eigenvalue weighted by Gasteiger charge is -2.19. The molecule has 8 N–H and O–H groups in total. The van der Waals surface area contributed by atoms with Gasteiger partial charge < -0.3 is 61.3 Å². The lowest BCUT2D eigenvalue weighted by Crippen LogP contribution is -2.47. The SMILES string of the molecule is CC(C)(C)OC(=O)NCCCCCC(=O)NCCCCCC(=O)NCCCC[C@H](NC(=O)CCC(=O)O)C(=O)NCCCOCCOCCOCCCCC(=O)CCCC[C@@H]1SC[C@@H]2NC(=O)N[C@@H]21. The number of nitrogens with one attached hydrogen (secondary N) is 7. The van der Waals surface area contributed by atoms with Crippen LogP contribution in [0.25, 0.3) is 0 Å². The minimum absolute atomic E-state index is 0.0131. The zero-order valence-electron chi connectivity index (χ0n) is 41.7. The molecule has 0 aliphatic carbocycles. The monoisotopic (exact) mass is 1000 g/mol. The second kappa shape index (κ2) is 37.6. The Morgan fingerprint density at radius 1 is 0.609 bits per heavy atom. The molecule has 2 aliphatic rings. The highest BCUT2D eigenvalue weighted by Gasteiger charge is 2.42. The van der Waals surface area contributed by atoms with Crippen molar-refractivity contribution >= 4 is 59.3 Å². The highest BCUT2D eigenvalue weighted by Crippen LogP contribution is 2.33. The van der Waals surface area contributed by atoms with Gasteiger partial charge in [-0.05, 0) is 97.8 Å². The Balaban J connectivity index is 1.42. The summed E-state index contributed by atoms with van der Waals surface area (Å²) in [5, 5.41) is 29.3. The molecule has 0 aromatic rings. The molecule has 4 atom stereocenters. The molecule has 20 nitrogen and oxygen atoms in total. The van der Waals surface area contributed by atoms with Crippen molar-refractivity contribution in [3.63, 3.8) is 0 Å². The molecular weight excluding hydrogens is 915 g/mol. The molecule has 0 spiro atoms. The highest BCUT2D eigenvalue weighted by atomic mass is 32.2. The highest BCUT2D eigenvalue weighted by molar-refractivity contribution is 8.00. The van der Waals surface area contributed by atoms with Gasteiger partial charge in [0.2, 0.25) is 23.6 Å². The van der Waals surface area contributed by atoms with Gasteiger partial charge in [0.15, 0.2) is 0 Å². The number of thioether (sulfide) groups is 1. The standard InChI is InChI=1S/C48H85N7O13S/c1-48(2,3)68-47(64)52-27-13-5-7-22-40(57)49-25-12-4-6-21-41(58)50-26-14-10-19-37(53-42(59)23-24-43(60)61)45(62)51-28-16-30-66-32-34-67-33-31-65-29-15-11-18-36(56)17-8-9-20-39-44-38(35-69-39)54-46(63)55-44/h37-39,44H,4-35H2,1-3H3,(H,49,57)(H,50,58)(H,51,62)(H,52,64)(H,53,59)(H,60,61)(H2,54,55,63)/t37-,38-,39-,44-/m0/s1. The van der Waals surface area contributed by atoms with Gasteiger partial charge in [0.1, 0.15) is 17.4 Å². The topological polar surface area (TPSA) is 278 Å². The number of carboxylic acids is 1. The van der Waals surface area contributed by atoms with Crippen LogP contribution in [-0.2, 0) is 47.7 Å². The van der Waals surface area contributed by atoms with E-state index in [1.54, 1.807) is 0 Å². The van der Waals surface area contributed by atoms with Crippen molar-refractivity contribution in [1.82, 2.24) is 37.2 Å². The molecule has 0 bridgehead atoms. The Morgan fingerprint density at radius 3 is 1.78 bits per heavy atom. The van der Waals surface area contributed by atoms with Gasteiger partial charge in [0, 0.05) is 82.5 Å². The first-order valence-electron chi connectivity index (χ1n) is 25.4. The average molecular weight is 1000 g/mol. The van der Waals surface area contributed by atoms with E-state index in [1.165, 1.54) is 0 Å². The van der Waals surface area contributed by atoms with Crippen LogP contribution in [0.15, 0.2) is 0 Å². The lowest BCUT2D eigenvalue weighted by atomic mass is 10.0. The van der Waals surface area contributed by atoms with E-state index >= 15 is 0 Å². The predicted molar refractivity (Wildman–Crippen MR) is 263 cm³/mol. The first-order chi connectivity index (χ1) is 33.1. The summed E-state index contributed by atoms with van der Waals surface area (Å²) >= 11 is 1.90. The number of hydrogen-bond donors (Lipinski definition) is 8.